The number of benzene rings is 1. The van der Waals surface area contributed by atoms with Gasteiger partial charge >= 0.3 is 0 Å². The fourth-order valence-electron chi connectivity index (χ4n) is 1.38. The molecule has 0 aliphatic carbocycles. The molecule has 1 aromatic carbocycles. The molecule has 1 atom stereocenters. The Morgan fingerprint density at radius 3 is 2.58 bits per heavy atom. The quantitative estimate of drug-likeness (QED) is 0.613. The van der Waals surface area contributed by atoms with Gasteiger partial charge in [-0.1, -0.05) is 29.8 Å². The summed E-state index contributed by atoms with van der Waals surface area (Å²) in [5.74, 6) is 0. The summed E-state index contributed by atoms with van der Waals surface area (Å²) in [4.78, 5) is 0. The van der Waals surface area contributed by atoms with Crippen molar-refractivity contribution in [1.29, 1.82) is 0 Å². The van der Waals surface area contributed by atoms with Crippen molar-refractivity contribution in [1.82, 2.24) is 0 Å². The smallest absolute Gasteiger partial charge is 0.126 e. The maximum Gasteiger partial charge on any atom is 0.126 e. The molecular formula is C11H12O. The molecule has 0 bridgehead atoms. The van der Waals surface area contributed by atoms with E-state index in [2.05, 4.69) is 37.3 Å². The van der Waals surface area contributed by atoms with Crippen molar-refractivity contribution < 1.29 is 4.74 Å². The Morgan fingerprint density at radius 1 is 1.25 bits per heavy atom. The molecule has 1 aliphatic heterocycles. The van der Waals surface area contributed by atoms with Gasteiger partial charge in [-0.05, 0) is 18.6 Å². The van der Waals surface area contributed by atoms with Gasteiger partial charge in [0, 0.05) is 6.42 Å². The predicted octanol–water partition coefficient (Wildman–Crippen LogP) is 2.97. The largest absolute Gasteiger partial charge is 0.493 e. The zero-order valence-electron chi connectivity index (χ0n) is 7.16. The van der Waals surface area contributed by atoms with Crippen LogP contribution in [0.5, 0.6) is 0 Å². The van der Waals surface area contributed by atoms with Crippen molar-refractivity contribution in [3.8, 4) is 0 Å². The first-order valence-corrected chi connectivity index (χ1v) is 4.23. The van der Waals surface area contributed by atoms with Crippen molar-refractivity contribution >= 4 is 0 Å². The van der Waals surface area contributed by atoms with Gasteiger partial charge in [0.05, 0.1) is 6.26 Å². The molecule has 0 spiro atoms. The molecule has 1 nitrogen and oxygen atoms in total. The fourth-order valence-corrected chi connectivity index (χ4v) is 1.38. The Hall–Kier alpha value is -1.24. The van der Waals surface area contributed by atoms with Crippen LogP contribution in [0.4, 0.5) is 0 Å². The van der Waals surface area contributed by atoms with E-state index >= 15 is 0 Å². The molecule has 1 aliphatic rings. The highest BCUT2D eigenvalue weighted by atomic mass is 16.5. The van der Waals surface area contributed by atoms with Crippen LogP contribution in [0.1, 0.15) is 23.7 Å². The molecule has 0 saturated heterocycles. The lowest BCUT2D eigenvalue weighted by Gasteiger charge is -2.09. The van der Waals surface area contributed by atoms with Crippen LogP contribution in [0, 0.1) is 6.92 Å². The first-order chi connectivity index (χ1) is 5.86. The highest BCUT2D eigenvalue weighted by molar-refractivity contribution is 5.24. The number of ether oxygens (including phenoxy) is 1. The van der Waals surface area contributed by atoms with Crippen molar-refractivity contribution in [2.45, 2.75) is 19.4 Å². The van der Waals surface area contributed by atoms with Gasteiger partial charge in [-0.25, -0.2) is 0 Å². The van der Waals surface area contributed by atoms with Crippen molar-refractivity contribution in [3.63, 3.8) is 0 Å². The lowest BCUT2D eigenvalue weighted by atomic mass is 10.1. The Balaban J connectivity index is 2.18. The van der Waals surface area contributed by atoms with Gasteiger partial charge < -0.3 is 4.74 Å². The first-order valence-electron chi connectivity index (χ1n) is 4.23. The molecule has 0 saturated carbocycles. The summed E-state index contributed by atoms with van der Waals surface area (Å²) < 4.78 is 5.40. The number of rotatable bonds is 1. The van der Waals surface area contributed by atoms with E-state index < -0.39 is 0 Å². The molecule has 2 rings (SSSR count). The number of hydrogen-bond acceptors (Lipinski definition) is 1. The second-order valence-electron chi connectivity index (χ2n) is 3.14. The van der Waals surface area contributed by atoms with Crippen LogP contribution in [0.2, 0.25) is 0 Å². The molecule has 1 unspecified atom stereocenters. The number of aryl methyl sites for hydroxylation is 1. The molecule has 0 amide bonds. The molecule has 1 heterocycles. The summed E-state index contributed by atoms with van der Waals surface area (Å²) in [7, 11) is 0. The van der Waals surface area contributed by atoms with Gasteiger partial charge in [0.2, 0.25) is 0 Å². The molecule has 62 valence electrons. The van der Waals surface area contributed by atoms with Gasteiger partial charge in [0.25, 0.3) is 0 Å². The maximum absolute atomic E-state index is 5.40. The first kappa shape index (κ1) is 7.41. The Morgan fingerprint density at radius 2 is 2.00 bits per heavy atom. The van der Waals surface area contributed by atoms with Crippen molar-refractivity contribution in [3.05, 3.63) is 47.7 Å². The van der Waals surface area contributed by atoms with E-state index in [0.29, 0.717) is 0 Å². The zero-order chi connectivity index (χ0) is 8.39. The van der Waals surface area contributed by atoms with E-state index in [-0.39, 0.29) is 6.10 Å². The summed E-state index contributed by atoms with van der Waals surface area (Å²) in [5.41, 5.74) is 2.57. The third-order valence-electron chi connectivity index (χ3n) is 2.14. The topological polar surface area (TPSA) is 9.23 Å². The second kappa shape index (κ2) is 3.02. The molecule has 1 aromatic rings. The minimum Gasteiger partial charge on any atom is -0.493 e. The predicted molar refractivity (Wildman–Crippen MR) is 48.8 cm³/mol. The third-order valence-corrected chi connectivity index (χ3v) is 2.14. The van der Waals surface area contributed by atoms with Crippen LogP contribution >= 0.6 is 0 Å². The Bertz CT molecular complexity index is 276. The van der Waals surface area contributed by atoms with Crippen molar-refractivity contribution in [2.24, 2.45) is 0 Å². The van der Waals surface area contributed by atoms with Crippen LogP contribution in [0.3, 0.4) is 0 Å². The fraction of sp³-hybridized carbons (Fsp3) is 0.273. The lowest BCUT2D eigenvalue weighted by Crippen LogP contribution is -1.94. The highest BCUT2D eigenvalue weighted by Gasteiger charge is 2.12. The normalized spacial score (nSPS) is 20.9. The summed E-state index contributed by atoms with van der Waals surface area (Å²) in [6, 6.07) is 8.51. The van der Waals surface area contributed by atoms with Crippen LogP contribution in [0.25, 0.3) is 0 Å². The molecule has 0 fully saturated rings. The standard InChI is InChI=1S/C11H12O/c1-9-4-6-10(7-5-9)11-3-2-8-12-11/h2,4-8,11H,3H2,1H3. The maximum atomic E-state index is 5.40. The van der Waals surface area contributed by atoms with E-state index in [1.165, 1.54) is 11.1 Å². The van der Waals surface area contributed by atoms with E-state index in [9.17, 15) is 0 Å². The van der Waals surface area contributed by atoms with Gasteiger partial charge in [0.15, 0.2) is 0 Å². The van der Waals surface area contributed by atoms with Gasteiger partial charge in [-0.15, -0.1) is 0 Å². The average Bonchev–Trinajstić information content (AvgIpc) is 2.58. The van der Waals surface area contributed by atoms with Gasteiger partial charge in [-0.2, -0.15) is 0 Å². The lowest BCUT2D eigenvalue weighted by molar-refractivity contribution is 0.173. The van der Waals surface area contributed by atoms with Crippen LogP contribution in [-0.4, -0.2) is 0 Å². The van der Waals surface area contributed by atoms with Gasteiger partial charge in [0.1, 0.15) is 6.10 Å². The molecule has 12 heavy (non-hydrogen) atoms. The molecule has 0 radical (unpaired) electrons. The van der Waals surface area contributed by atoms with E-state index in [0.717, 1.165) is 6.42 Å². The van der Waals surface area contributed by atoms with E-state index in [4.69, 9.17) is 4.74 Å². The minimum absolute atomic E-state index is 0.255. The van der Waals surface area contributed by atoms with Crippen LogP contribution in [0.15, 0.2) is 36.6 Å². The van der Waals surface area contributed by atoms with Crippen LogP contribution in [-0.2, 0) is 4.74 Å². The summed E-state index contributed by atoms with van der Waals surface area (Å²) in [6.45, 7) is 2.09. The average molecular weight is 160 g/mol. The van der Waals surface area contributed by atoms with Crippen molar-refractivity contribution in [2.75, 3.05) is 0 Å². The second-order valence-corrected chi connectivity index (χ2v) is 3.14. The van der Waals surface area contributed by atoms with E-state index in [1.54, 1.807) is 6.26 Å². The van der Waals surface area contributed by atoms with Gasteiger partial charge in [-0.3, -0.25) is 0 Å². The zero-order valence-corrected chi connectivity index (χ0v) is 7.16. The molecule has 0 aromatic heterocycles. The van der Waals surface area contributed by atoms with Crippen LogP contribution < -0.4 is 0 Å². The third kappa shape index (κ3) is 1.35. The SMILES string of the molecule is Cc1ccc(C2CC=CO2)cc1. The molecular weight excluding hydrogens is 148 g/mol. The minimum atomic E-state index is 0.255. The Kier molecular flexibility index (Phi) is 1.86. The summed E-state index contributed by atoms with van der Waals surface area (Å²) in [5, 5.41) is 0. The van der Waals surface area contributed by atoms with E-state index in [1.807, 2.05) is 0 Å². The molecule has 1 heteroatoms. The monoisotopic (exact) mass is 160 g/mol. The molecule has 0 N–H and O–H groups in total. The summed E-state index contributed by atoms with van der Waals surface area (Å²) in [6.07, 6.45) is 5.10. The highest BCUT2D eigenvalue weighted by Crippen LogP contribution is 2.26. The Labute approximate surface area is 72.7 Å². The summed E-state index contributed by atoms with van der Waals surface area (Å²) >= 11 is 0. The number of hydrogen-bond donors (Lipinski definition) is 0.